The van der Waals surface area contributed by atoms with E-state index in [1.807, 2.05) is 0 Å². The molecule has 0 aromatic heterocycles. The van der Waals surface area contributed by atoms with E-state index in [2.05, 4.69) is 0 Å². The third kappa shape index (κ3) is 2.48. The van der Waals surface area contributed by atoms with E-state index in [0.29, 0.717) is 0 Å². The normalized spacial score (nSPS) is 14.8. The molecule has 0 bridgehead atoms. The highest BCUT2D eigenvalue weighted by Gasteiger charge is 2.37. The van der Waals surface area contributed by atoms with Gasteiger partial charge in [-0.1, -0.05) is 0 Å². The number of carboxylic acids is 1. The molecule has 2 rings (SSSR count). The maximum Gasteiger partial charge on any atom is 0.322 e. The fourth-order valence-electron chi connectivity index (χ4n) is 1.70. The quantitative estimate of drug-likeness (QED) is 0.498. The van der Waals surface area contributed by atoms with E-state index >= 15 is 0 Å². The molecule has 0 aliphatic carbocycles. The number of likely N-dealkylation sites (tertiary alicyclic amines) is 1. The zero-order chi connectivity index (χ0) is 15.9. The highest BCUT2D eigenvalue weighted by molar-refractivity contribution is 5.91. The largest absolute Gasteiger partial charge is 0.481 e. The zero-order valence-electron chi connectivity index (χ0n) is 10.1. The Labute approximate surface area is 114 Å². The Morgan fingerprint density at radius 2 is 1.38 bits per heavy atom. The first-order valence-electron chi connectivity index (χ1n) is 5.54. The monoisotopic (exact) mass is 310 g/mol. The van der Waals surface area contributed by atoms with Crippen molar-refractivity contribution < 1.29 is 36.6 Å². The van der Waals surface area contributed by atoms with Gasteiger partial charge in [0.2, 0.25) is 5.82 Å². The van der Waals surface area contributed by atoms with Crippen LogP contribution in [0.4, 0.5) is 32.4 Å². The van der Waals surface area contributed by atoms with E-state index in [0.717, 1.165) is 4.90 Å². The first-order chi connectivity index (χ1) is 9.73. The molecule has 10 heteroatoms. The summed E-state index contributed by atoms with van der Waals surface area (Å²) >= 11 is 0. The highest BCUT2D eigenvalue weighted by Crippen LogP contribution is 2.28. The van der Waals surface area contributed by atoms with Crippen molar-refractivity contribution in [3.05, 3.63) is 29.1 Å². The molecule has 0 spiro atoms. The highest BCUT2D eigenvalue weighted by atomic mass is 19.2. The third-order valence-electron chi connectivity index (χ3n) is 2.96. The van der Waals surface area contributed by atoms with Gasteiger partial charge in [0.05, 0.1) is 5.92 Å². The maximum absolute atomic E-state index is 13.3. The molecule has 0 saturated carbocycles. The Bertz CT molecular complexity index is 602. The van der Waals surface area contributed by atoms with Gasteiger partial charge in [-0.05, 0) is 0 Å². The number of benzene rings is 1. The van der Waals surface area contributed by atoms with Crippen LogP contribution < -0.4 is 5.32 Å². The van der Waals surface area contributed by atoms with Crippen molar-refractivity contribution in [2.45, 2.75) is 0 Å². The van der Waals surface area contributed by atoms with Crippen LogP contribution in [0.2, 0.25) is 0 Å². The molecule has 21 heavy (non-hydrogen) atoms. The van der Waals surface area contributed by atoms with Crippen LogP contribution in [0.5, 0.6) is 0 Å². The number of carbonyl (C=O) groups excluding carboxylic acids is 1. The van der Waals surface area contributed by atoms with Crippen molar-refractivity contribution in [1.82, 2.24) is 4.90 Å². The lowest BCUT2D eigenvalue weighted by Crippen LogP contribution is -2.54. The number of amides is 2. The van der Waals surface area contributed by atoms with Gasteiger partial charge < -0.3 is 15.3 Å². The molecule has 2 amide bonds. The number of halogens is 5. The number of rotatable bonds is 2. The Hall–Kier alpha value is -2.39. The van der Waals surface area contributed by atoms with Gasteiger partial charge in [-0.2, -0.15) is 0 Å². The van der Waals surface area contributed by atoms with Crippen molar-refractivity contribution in [3.8, 4) is 0 Å². The third-order valence-corrected chi connectivity index (χ3v) is 2.96. The minimum Gasteiger partial charge on any atom is -0.481 e. The van der Waals surface area contributed by atoms with Gasteiger partial charge in [0.1, 0.15) is 5.69 Å². The molecule has 1 aliphatic heterocycles. The van der Waals surface area contributed by atoms with Crippen LogP contribution in [0.3, 0.4) is 0 Å². The van der Waals surface area contributed by atoms with E-state index in [-0.39, 0.29) is 13.1 Å². The van der Waals surface area contributed by atoms with Crippen LogP contribution in [0, 0.1) is 35.0 Å². The molecule has 0 radical (unpaired) electrons. The Morgan fingerprint density at radius 1 is 0.952 bits per heavy atom. The molecular formula is C11H7F5N2O3. The van der Waals surface area contributed by atoms with Crippen molar-refractivity contribution in [1.29, 1.82) is 0 Å². The van der Waals surface area contributed by atoms with E-state index in [1.165, 1.54) is 0 Å². The van der Waals surface area contributed by atoms with Gasteiger partial charge in [0, 0.05) is 13.1 Å². The molecule has 2 N–H and O–H groups in total. The van der Waals surface area contributed by atoms with Gasteiger partial charge in [-0.25, -0.2) is 26.7 Å². The number of carbonyl (C=O) groups is 2. The second kappa shape index (κ2) is 5.19. The number of anilines is 1. The minimum absolute atomic E-state index is 0.226. The standard InChI is InChI=1S/C11H7F5N2O3/c12-4-5(13)7(15)9(8(16)6(4)14)17-11(21)18-1-3(2-18)10(19)20/h3H,1-2H2,(H,17,21)(H,19,20). The predicted octanol–water partition coefficient (Wildman–Crippen LogP) is 1.93. The summed E-state index contributed by atoms with van der Waals surface area (Å²) in [6, 6.07) is -1.16. The summed E-state index contributed by atoms with van der Waals surface area (Å²) in [6.45, 7) is -0.451. The van der Waals surface area contributed by atoms with Crippen molar-refractivity contribution in [2.24, 2.45) is 5.92 Å². The minimum atomic E-state index is -2.34. The van der Waals surface area contributed by atoms with E-state index in [1.54, 1.807) is 5.32 Å². The molecule has 1 aliphatic rings. The molecule has 0 atom stereocenters. The van der Waals surface area contributed by atoms with Gasteiger partial charge in [-0.3, -0.25) is 4.79 Å². The molecule has 1 aromatic carbocycles. The van der Waals surface area contributed by atoms with Crippen LogP contribution in [0.25, 0.3) is 0 Å². The number of carboxylic acid groups (broad SMARTS) is 1. The smallest absolute Gasteiger partial charge is 0.322 e. The maximum atomic E-state index is 13.3. The van der Waals surface area contributed by atoms with E-state index in [9.17, 15) is 31.5 Å². The summed E-state index contributed by atoms with van der Waals surface area (Å²) in [6.07, 6.45) is 0. The number of nitrogens with one attached hydrogen (secondary N) is 1. The molecule has 1 aromatic rings. The van der Waals surface area contributed by atoms with Crippen molar-refractivity contribution >= 4 is 17.7 Å². The first-order valence-corrected chi connectivity index (χ1v) is 5.54. The van der Waals surface area contributed by atoms with Gasteiger partial charge in [-0.15, -0.1) is 0 Å². The van der Waals surface area contributed by atoms with Gasteiger partial charge in [0.15, 0.2) is 23.3 Å². The molecule has 5 nitrogen and oxygen atoms in total. The number of aliphatic carboxylic acids is 1. The molecule has 1 heterocycles. The molecule has 0 unspecified atom stereocenters. The fraction of sp³-hybridized carbons (Fsp3) is 0.273. The number of hydrogen-bond donors (Lipinski definition) is 2. The molecule has 1 saturated heterocycles. The van der Waals surface area contributed by atoms with Crippen LogP contribution >= 0.6 is 0 Å². The summed E-state index contributed by atoms with van der Waals surface area (Å²) in [7, 11) is 0. The summed E-state index contributed by atoms with van der Waals surface area (Å²) in [5.41, 5.74) is -1.48. The summed E-state index contributed by atoms with van der Waals surface area (Å²) in [4.78, 5) is 22.9. The van der Waals surface area contributed by atoms with Crippen molar-refractivity contribution in [2.75, 3.05) is 18.4 Å². The molecule has 1 fully saturated rings. The van der Waals surface area contributed by atoms with Crippen molar-refractivity contribution in [3.63, 3.8) is 0 Å². The summed E-state index contributed by atoms with van der Waals surface area (Å²) in [5.74, 6) is -13.0. The summed E-state index contributed by atoms with van der Waals surface area (Å²) in [5, 5.41) is 10.1. The van der Waals surface area contributed by atoms with Gasteiger partial charge in [0.25, 0.3) is 0 Å². The number of nitrogens with zero attached hydrogens (tertiary/aromatic N) is 1. The van der Waals surface area contributed by atoms with Crippen LogP contribution in [0.1, 0.15) is 0 Å². The number of urea groups is 1. The van der Waals surface area contributed by atoms with Crippen LogP contribution in [-0.2, 0) is 4.79 Å². The Kier molecular flexibility index (Phi) is 3.71. The second-order valence-corrected chi connectivity index (χ2v) is 4.32. The first kappa shape index (κ1) is 15.0. The Balaban J connectivity index is 2.18. The average molecular weight is 310 g/mol. The van der Waals surface area contributed by atoms with Gasteiger partial charge >= 0.3 is 12.0 Å². The lowest BCUT2D eigenvalue weighted by molar-refractivity contribution is -0.145. The second-order valence-electron chi connectivity index (χ2n) is 4.32. The molecular weight excluding hydrogens is 303 g/mol. The fourth-order valence-corrected chi connectivity index (χ4v) is 1.70. The van der Waals surface area contributed by atoms with E-state index < -0.39 is 52.7 Å². The Morgan fingerprint density at radius 3 is 1.81 bits per heavy atom. The lowest BCUT2D eigenvalue weighted by Gasteiger charge is -2.36. The lowest BCUT2D eigenvalue weighted by atomic mass is 10.0. The predicted molar refractivity (Wildman–Crippen MR) is 57.9 cm³/mol. The summed E-state index contributed by atoms with van der Waals surface area (Å²) < 4.78 is 65.2. The SMILES string of the molecule is O=C(O)C1CN(C(=O)Nc2c(F)c(F)c(F)c(F)c2F)C1. The zero-order valence-corrected chi connectivity index (χ0v) is 10.1. The molecule has 114 valence electrons. The van der Waals surface area contributed by atoms with Crippen LogP contribution in [-0.4, -0.2) is 35.1 Å². The number of hydrogen-bond acceptors (Lipinski definition) is 2. The average Bonchev–Trinajstić information content (AvgIpc) is 2.37. The topological polar surface area (TPSA) is 69.6 Å². The van der Waals surface area contributed by atoms with E-state index in [4.69, 9.17) is 5.11 Å². The van der Waals surface area contributed by atoms with Crippen LogP contribution in [0.15, 0.2) is 0 Å².